The quantitative estimate of drug-likeness (QED) is 0.799. The first-order chi connectivity index (χ1) is 7.15. The number of rotatable bonds is 4. The molecule has 0 heterocycles. The minimum Gasteiger partial charge on any atom is -0.306 e. The molecule has 1 saturated carbocycles. The van der Waals surface area contributed by atoms with Crippen molar-refractivity contribution in [3.63, 3.8) is 0 Å². The van der Waals surface area contributed by atoms with E-state index in [9.17, 15) is 0 Å². The van der Waals surface area contributed by atoms with Gasteiger partial charge in [0.2, 0.25) is 0 Å². The number of halogens is 2. The van der Waals surface area contributed by atoms with Gasteiger partial charge in [-0.05, 0) is 37.0 Å². The van der Waals surface area contributed by atoms with E-state index in [4.69, 9.17) is 23.2 Å². The van der Waals surface area contributed by atoms with E-state index in [1.165, 1.54) is 18.4 Å². The Balaban J connectivity index is 1.96. The average Bonchev–Trinajstić information content (AvgIpc) is 3.01. The zero-order valence-corrected chi connectivity index (χ0v) is 10.3. The maximum absolute atomic E-state index is 5.97. The number of nitrogens with one attached hydrogen (secondary N) is 1. The predicted molar refractivity (Wildman–Crippen MR) is 65.7 cm³/mol. The van der Waals surface area contributed by atoms with Gasteiger partial charge in [-0.1, -0.05) is 23.7 Å². The molecular formula is C12H15Cl2N. The molecule has 0 saturated heterocycles. The van der Waals surface area contributed by atoms with Gasteiger partial charge in [0.05, 0.1) is 0 Å². The van der Waals surface area contributed by atoms with Crippen LogP contribution in [0.25, 0.3) is 0 Å². The van der Waals surface area contributed by atoms with Gasteiger partial charge in [-0.3, -0.25) is 0 Å². The van der Waals surface area contributed by atoms with Crippen molar-refractivity contribution < 1.29 is 0 Å². The van der Waals surface area contributed by atoms with Crippen molar-refractivity contribution in [2.75, 3.05) is 5.88 Å². The van der Waals surface area contributed by atoms with Crippen LogP contribution in [0, 0.1) is 6.92 Å². The van der Waals surface area contributed by atoms with E-state index in [2.05, 4.69) is 17.4 Å². The highest BCUT2D eigenvalue weighted by molar-refractivity contribution is 6.31. The zero-order valence-electron chi connectivity index (χ0n) is 8.82. The van der Waals surface area contributed by atoms with E-state index >= 15 is 0 Å². The normalized spacial score (nSPS) is 17.8. The Bertz CT molecular complexity index is 359. The summed E-state index contributed by atoms with van der Waals surface area (Å²) in [6.45, 7) is 2.91. The topological polar surface area (TPSA) is 12.0 Å². The molecule has 0 radical (unpaired) electrons. The SMILES string of the molecule is Cc1cc(CNC2(CCl)CC2)ccc1Cl. The van der Waals surface area contributed by atoms with E-state index < -0.39 is 0 Å². The second kappa shape index (κ2) is 4.32. The Morgan fingerprint density at radius 1 is 1.40 bits per heavy atom. The molecule has 0 aliphatic heterocycles. The Labute approximate surface area is 101 Å². The number of hydrogen-bond acceptors (Lipinski definition) is 1. The molecule has 1 aliphatic carbocycles. The Kier molecular flexibility index (Phi) is 3.24. The van der Waals surface area contributed by atoms with Crippen LogP contribution < -0.4 is 5.32 Å². The highest BCUT2D eigenvalue weighted by atomic mass is 35.5. The smallest absolute Gasteiger partial charge is 0.0435 e. The molecule has 1 aromatic carbocycles. The Hall–Kier alpha value is -0.240. The standard InChI is InChI=1S/C12H15Cl2N/c1-9-6-10(2-3-11(9)14)7-15-12(8-13)4-5-12/h2-3,6,15H,4-5,7-8H2,1H3. The molecule has 1 aliphatic rings. The van der Waals surface area contributed by atoms with Gasteiger partial charge >= 0.3 is 0 Å². The predicted octanol–water partition coefficient (Wildman–Crippen LogP) is 3.51. The summed E-state index contributed by atoms with van der Waals surface area (Å²) in [5.74, 6) is 0.708. The van der Waals surface area contributed by atoms with E-state index in [1.54, 1.807) is 0 Å². The lowest BCUT2D eigenvalue weighted by atomic mass is 10.1. The van der Waals surface area contributed by atoms with Crippen LogP contribution in [0.1, 0.15) is 24.0 Å². The molecule has 2 rings (SSSR count). The van der Waals surface area contributed by atoms with Gasteiger partial charge in [-0.25, -0.2) is 0 Å². The molecule has 0 amide bonds. The first-order valence-electron chi connectivity index (χ1n) is 5.21. The lowest BCUT2D eigenvalue weighted by molar-refractivity contribution is 0.543. The second-order valence-corrected chi connectivity index (χ2v) is 5.03. The molecule has 0 bridgehead atoms. The lowest BCUT2D eigenvalue weighted by Crippen LogP contribution is -2.32. The van der Waals surface area contributed by atoms with Gasteiger partial charge in [0.25, 0.3) is 0 Å². The maximum atomic E-state index is 5.97. The molecule has 1 nitrogen and oxygen atoms in total. The van der Waals surface area contributed by atoms with Gasteiger partial charge in [0.1, 0.15) is 0 Å². The summed E-state index contributed by atoms with van der Waals surface area (Å²) < 4.78 is 0. The third-order valence-electron chi connectivity index (χ3n) is 3.00. The summed E-state index contributed by atoms with van der Waals surface area (Å²) in [7, 11) is 0. The molecule has 1 fully saturated rings. The van der Waals surface area contributed by atoms with Crippen molar-refractivity contribution in [1.82, 2.24) is 5.32 Å². The molecular weight excluding hydrogens is 229 g/mol. The van der Waals surface area contributed by atoms with Gasteiger partial charge in [0.15, 0.2) is 0 Å². The van der Waals surface area contributed by atoms with Crippen molar-refractivity contribution in [2.24, 2.45) is 0 Å². The molecule has 0 unspecified atom stereocenters. The minimum absolute atomic E-state index is 0.217. The highest BCUT2D eigenvalue weighted by Crippen LogP contribution is 2.36. The fourth-order valence-electron chi connectivity index (χ4n) is 1.61. The van der Waals surface area contributed by atoms with Crippen LogP contribution in [0.15, 0.2) is 18.2 Å². The average molecular weight is 244 g/mol. The molecule has 0 spiro atoms. The van der Waals surface area contributed by atoms with Crippen molar-refractivity contribution in [3.8, 4) is 0 Å². The van der Waals surface area contributed by atoms with Crippen molar-refractivity contribution >= 4 is 23.2 Å². The summed E-state index contributed by atoms with van der Waals surface area (Å²) in [5.41, 5.74) is 2.62. The van der Waals surface area contributed by atoms with E-state index in [-0.39, 0.29) is 5.54 Å². The van der Waals surface area contributed by atoms with Gasteiger partial charge in [-0.15, -0.1) is 11.6 Å². The third kappa shape index (κ3) is 2.66. The Morgan fingerprint density at radius 2 is 2.13 bits per heavy atom. The second-order valence-electron chi connectivity index (χ2n) is 4.35. The summed E-state index contributed by atoms with van der Waals surface area (Å²) in [6.07, 6.45) is 2.39. The van der Waals surface area contributed by atoms with E-state index in [1.807, 2.05) is 13.0 Å². The molecule has 1 aromatic rings. The first kappa shape index (κ1) is 11.3. The molecule has 82 valence electrons. The first-order valence-corrected chi connectivity index (χ1v) is 6.12. The third-order valence-corrected chi connectivity index (χ3v) is 3.93. The maximum Gasteiger partial charge on any atom is 0.0435 e. The van der Waals surface area contributed by atoms with Crippen LogP contribution in [0.3, 0.4) is 0 Å². The van der Waals surface area contributed by atoms with E-state index in [0.29, 0.717) is 5.88 Å². The molecule has 0 aromatic heterocycles. The van der Waals surface area contributed by atoms with Gasteiger partial charge in [0, 0.05) is 23.0 Å². The van der Waals surface area contributed by atoms with Crippen molar-refractivity contribution in [2.45, 2.75) is 31.8 Å². The fraction of sp³-hybridized carbons (Fsp3) is 0.500. The molecule has 3 heteroatoms. The van der Waals surface area contributed by atoms with Crippen LogP contribution in [0.5, 0.6) is 0 Å². The molecule has 0 atom stereocenters. The largest absolute Gasteiger partial charge is 0.306 e. The van der Waals surface area contributed by atoms with Crippen LogP contribution in [-0.4, -0.2) is 11.4 Å². The monoisotopic (exact) mass is 243 g/mol. The number of hydrogen-bond donors (Lipinski definition) is 1. The number of alkyl halides is 1. The highest BCUT2D eigenvalue weighted by Gasteiger charge is 2.40. The van der Waals surface area contributed by atoms with E-state index in [0.717, 1.165) is 17.1 Å². The summed E-state index contributed by atoms with van der Waals surface area (Å²) in [4.78, 5) is 0. The fourth-order valence-corrected chi connectivity index (χ4v) is 2.09. The van der Waals surface area contributed by atoms with Crippen LogP contribution in [0.4, 0.5) is 0 Å². The van der Waals surface area contributed by atoms with Crippen molar-refractivity contribution in [1.29, 1.82) is 0 Å². The lowest BCUT2D eigenvalue weighted by Gasteiger charge is -2.14. The van der Waals surface area contributed by atoms with Gasteiger partial charge in [-0.2, -0.15) is 0 Å². The minimum atomic E-state index is 0.217. The summed E-state index contributed by atoms with van der Waals surface area (Å²) >= 11 is 11.9. The number of benzene rings is 1. The molecule has 1 N–H and O–H groups in total. The van der Waals surface area contributed by atoms with Gasteiger partial charge < -0.3 is 5.32 Å². The van der Waals surface area contributed by atoms with Crippen molar-refractivity contribution in [3.05, 3.63) is 34.3 Å². The van der Waals surface area contributed by atoms with Crippen LogP contribution >= 0.6 is 23.2 Å². The summed E-state index contributed by atoms with van der Waals surface area (Å²) in [6, 6.07) is 6.14. The molecule has 15 heavy (non-hydrogen) atoms. The summed E-state index contributed by atoms with van der Waals surface area (Å²) in [5, 5.41) is 4.34. The van der Waals surface area contributed by atoms with Crippen LogP contribution in [-0.2, 0) is 6.54 Å². The zero-order chi connectivity index (χ0) is 10.9. The Morgan fingerprint density at radius 3 is 2.67 bits per heavy atom. The number of aryl methyl sites for hydroxylation is 1. The van der Waals surface area contributed by atoms with Crippen LogP contribution in [0.2, 0.25) is 5.02 Å².